The van der Waals surface area contributed by atoms with Crippen molar-refractivity contribution in [3.63, 3.8) is 0 Å². The van der Waals surface area contributed by atoms with E-state index in [0.29, 0.717) is 24.7 Å². The molecule has 8 atom stereocenters. The second kappa shape index (κ2) is 7.59. The molecule has 0 bridgehead atoms. The molecule has 8 unspecified atom stereocenters. The Balaban J connectivity index is 1.65. The minimum absolute atomic E-state index is 0.0620. The van der Waals surface area contributed by atoms with Crippen LogP contribution in [0.1, 0.15) is 113 Å². The molecule has 0 radical (unpaired) electrons. The van der Waals surface area contributed by atoms with Crippen LogP contribution in [0.3, 0.4) is 0 Å². The summed E-state index contributed by atoms with van der Waals surface area (Å²) in [5.74, 6) is 0.853. The molecular weight excluding hydrogens is 436 g/mol. The molecule has 4 nitrogen and oxygen atoms in total. The van der Waals surface area contributed by atoms with Crippen molar-refractivity contribution in [3.05, 3.63) is 11.1 Å². The molecule has 2 N–H and O–H groups in total. The lowest BCUT2D eigenvalue weighted by Gasteiger charge is -2.71. The highest BCUT2D eigenvalue weighted by Crippen LogP contribution is 2.75. The number of fused-ring (bicyclic) bond motifs is 6. The monoisotopic (exact) mass is 486 g/mol. The fourth-order valence-electron chi connectivity index (χ4n) is 10.9. The highest BCUT2D eigenvalue weighted by atomic mass is 16.5. The van der Waals surface area contributed by atoms with Crippen molar-refractivity contribution in [2.45, 2.75) is 125 Å². The summed E-state index contributed by atoms with van der Waals surface area (Å²) < 4.78 is 5.40. The SMILES string of the molecule is COC(=O)C12CCC(C)(C)CC1=C1CCC3C4(C)CCC(O)C(C)(C)C4CCC3(C)C1(C)CC2O. The minimum atomic E-state index is -0.861. The second-order valence-corrected chi connectivity index (χ2v) is 15.3. The molecule has 0 aromatic heterocycles. The molecule has 0 saturated heterocycles. The van der Waals surface area contributed by atoms with Crippen LogP contribution >= 0.6 is 0 Å². The number of allylic oxidation sites excluding steroid dienone is 1. The van der Waals surface area contributed by atoms with E-state index in [4.69, 9.17) is 4.74 Å². The summed E-state index contributed by atoms with van der Waals surface area (Å²) in [5, 5.41) is 22.8. The molecule has 0 spiro atoms. The Hall–Kier alpha value is -0.870. The smallest absolute Gasteiger partial charge is 0.318 e. The molecule has 4 heteroatoms. The summed E-state index contributed by atoms with van der Waals surface area (Å²) in [6.07, 6.45) is 8.66. The van der Waals surface area contributed by atoms with E-state index in [9.17, 15) is 15.0 Å². The lowest BCUT2D eigenvalue weighted by atomic mass is 9.34. The van der Waals surface area contributed by atoms with Gasteiger partial charge in [-0.3, -0.25) is 4.79 Å². The van der Waals surface area contributed by atoms with E-state index in [-0.39, 0.29) is 39.1 Å². The average Bonchev–Trinajstić information content (AvgIpc) is 2.76. The van der Waals surface area contributed by atoms with Gasteiger partial charge in [0.1, 0.15) is 5.41 Å². The molecule has 35 heavy (non-hydrogen) atoms. The number of methoxy groups -OCH3 is 1. The molecule has 5 aliphatic carbocycles. The number of hydrogen-bond acceptors (Lipinski definition) is 4. The Labute approximate surface area is 213 Å². The standard InChI is InChI=1S/C31H50O4/c1-26(2)15-16-31(25(34)35-8)20(17-26)19-9-10-22-28(5)13-12-23(32)27(3,4)21(28)11-14-29(22,6)30(19,7)18-24(31)33/h21-24,32-33H,9-18H2,1-8H3. The molecule has 0 heterocycles. The first kappa shape index (κ1) is 25.8. The van der Waals surface area contributed by atoms with Crippen molar-refractivity contribution >= 4 is 5.97 Å². The molecule has 4 fully saturated rings. The first-order chi connectivity index (χ1) is 16.1. The van der Waals surface area contributed by atoms with Crippen molar-refractivity contribution < 1.29 is 19.7 Å². The Morgan fingerprint density at radius 3 is 2.17 bits per heavy atom. The molecule has 5 rings (SSSR count). The van der Waals surface area contributed by atoms with Gasteiger partial charge < -0.3 is 14.9 Å². The lowest BCUT2D eigenvalue weighted by molar-refractivity contribution is -0.212. The van der Waals surface area contributed by atoms with Gasteiger partial charge in [0, 0.05) is 0 Å². The normalized spacial score (nSPS) is 50.3. The third-order valence-corrected chi connectivity index (χ3v) is 13.1. The summed E-state index contributed by atoms with van der Waals surface area (Å²) >= 11 is 0. The van der Waals surface area contributed by atoms with Crippen molar-refractivity contribution in [2.75, 3.05) is 7.11 Å². The summed E-state index contributed by atoms with van der Waals surface area (Å²) in [5.41, 5.74) is 2.07. The van der Waals surface area contributed by atoms with E-state index >= 15 is 0 Å². The van der Waals surface area contributed by atoms with E-state index in [1.165, 1.54) is 18.3 Å². The van der Waals surface area contributed by atoms with E-state index in [1.54, 1.807) is 0 Å². The highest BCUT2D eigenvalue weighted by Gasteiger charge is 2.69. The van der Waals surface area contributed by atoms with Crippen molar-refractivity contribution in [3.8, 4) is 0 Å². The van der Waals surface area contributed by atoms with Crippen LogP contribution < -0.4 is 0 Å². The molecule has 0 amide bonds. The van der Waals surface area contributed by atoms with Gasteiger partial charge in [-0.15, -0.1) is 0 Å². The topological polar surface area (TPSA) is 66.8 Å². The van der Waals surface area contributed by atoms with Crippen LogP contribution in [-0.4, -0.2) is 35.5 Å². The Kier molecular flexibility index (Phi) is 5.59. The first-order valence-corrected chi connectivity index (χ1v) is 14.3. The van der Waals surface area contributed by atoms with Gasteiger partial charge in [-0.05, 0) is 103 Å². The molecule has 0 aromatic rings. The number of esters is 1. The van der Waals surface area contributed by atoms with E-state index in [0.717, 1.165) is 51.4 Å². The number of aliphatic hydroxyl groups excluding tert-OH is 2. The van der Waals surface area contributed by atoms with Crippen LogP contribution in [0.15, 0.2) is 11.1 Å². The quantitative estimate of drug-likeness (QED) is 0.331. The van der Waals surface area contributed by atoms with Crippen LogP contribution in [0.25, 0.3) is 0 Å². The first-order valence-electron chi connectivity index (χ1n) is 14.3. The fourth-order valence-corrected chi connectivity index (χ4v) is 10.9. The molecule has 198 valence electrons. The molecular formula is C31H50O4. The van der Waals surface area contributed by atoms with E-state index < -0.39 is 11.5 Å². The highest BCUT2D eigenvalue weighted by molar-refractivity contribution is 5.83. The van der Waals surface area contributed by atoms with E-state index in [2.05, 4.69) is 48.5 Å². The number of hydrogen-bond donors (Lipinski definition) is 2. The number of aliphatic hydroxyl groups is 2. The van der Waals surface area contributed by atoms with Crippen molar-refractivity contribution in [1.82, 2.24) is 0 Å². The number of carbonyl (C=O) groups excluding carboxylic acids is 1. The maximum atomic E-state index is 13.4. The van der Waals surface area contributed by atoms with Gasteiger partial charge in [0.2, 0.25) is 0 Å². The molecule has 0 aromatic carbocycles. The summed E-state index contributed by atoms with van der Waals surface area (Å²) in [6.45, 7) is 16.7. The van der Waals surface area contributed by atoms with Gasteiger partial charge in [-0.25, -0.2) is 0 Å². The summed E-state index contributed by atoms with van der Waals surface area (Å²) in [6, 6.07) is 0. The maximum Gasteiger partial charge on any atom is 0.318 e. The van der Waals surface area contributed by atoms with Crippen LogP contribution in [0.2, 0.25) is 0 Å². The van der Waals surface area contributed by atoms with Crippen LogP contribution in [0, 0.1) is 44.3 Å². The number of carbonyl (C=O) groups is 1. The zero-order valence-electron chi connectivity index (χ0n) is 23.6. The minimum Gasteiger partial charge on any atom is -0.468 e. The maximum absolute atomic E-state index is 13.4. The lowest BCUT2D eigenvalue weighted by Crippen LogP contribution is -2.66. The van der Waals surface area contributed by atoms with Crippen LogP contribution in [0.4, 0.5) is 0 Å². The predicted molar refractivity (Wildman–Crippen MR) is 139 cm³/mol. The van der Waals surface area contributed by atoms with Gasteiger partial charge in [0.25, 0.3) is 0 Å². The van der Waals surface area contributed by atoms with Gasteiger partial charge >= 0.3 is 5.97 Å². The summed E-state index contributed by atoms with van der Waals surface area (Å²) in [4.78, 5) is 13.4. The number of rotatable bonds is 1. The van der Waals surface area contributed by atoms with Crippen LogP contribution in [-0.2, 0) is 9.53 Å². The van der Waals surface area contributed by atoms with Gasteiger partial charge in [-0.1, -0.05) is 59.6 Å². The van der Waals surface area contributed by atoms with Gasteiger partial charge in [0.05, 0.1) is 19.3 Å². The van der Waals surface area contributed by atoms with Gasteiger partial charge in [0.15, 0.2) is 0 Å². The molecule has 5 aliphatic rings. The average molecular weight is 487 g/mol. The van der Waals surface area contributed by atoms with Gasteiger partial charge in [-0.2, -0.15) is 0 Å². The Morgan fingerprint density at radius 2 is 1.51 bits per heavy atom. The van der Waals surface area contributed by atoms with E-state index in [1.807, 2.05) is 0 Å². The number of ether oxygens (including phenoxy) is 1. The zero-order valence-corrected chi connectivity index (χ0v) is 23.6. The molecule has 4 saturated carbocycles. The predicted octanol–water partition coefficient (Wildman–Crippen LogP) is 6.44. The Morgan fingerprint density at radius 1 is 0.829 bits per heavy atom. The third kappa shape index (κ3) is 3.08. The fraction of sp³-hybridized carbons (Fsp3) is 0.903. The molecule has 0 aliphatic heterocycles. The van der Waals surface area contributed by atoms with Crippen LogP contribution in [0.5, 0.6) is 0 Å². The summed E-state index contributed by atoms with van der Waals surface area (Å²) in [7, 11) is 1.49. The Bertz CT molecular complexity index is 948. The van der Waals surface area contributed by atoms with Crippen molar-refractivity contribution in [1.29, 1.82) is 0 Å². The second-order valence-electron chi connectivity index (χ2n) is 15.3. The van der Waals surface area contributed by atoms with Crippen molar-refractivity contribution in [2.24, 2.45) is 44.3 Å². The third-order valence-electron chi connectivity index (χ3n) is 13.1. The zero-order chi connectivity index (χ0) is 25.8. The largest absolute Gasteiger partial charge is 0.468 e.